The second-order valence-electron chi connectivity index (χ2n) is 11.3. The molecule has 0 radical (unpaired) electrons. The Balaban J connectivity index is 2.06. The first kappa shape index (κ1) is 28.2. The van der Waals surface area contributed by atoms with Crippen LogP contribution in [0.2, 0.25) is 0 Å². The third kappa shape index (κ3) is 10.9. The maximum Gasteiger partial charge on any atom is 0.407 e. The van der Waals surface area contributed by atoms with E-state index in [4.69, 9.17) is 4.74 Å². The van der Waals surface area contributed by atoms with Gasteiger partial charge in [0.2, 0.25) is 5.91 Å². The number of nitrogens with one attached hydrogen (secondary N) is 2. The minimum Gasteiger partial charge on any atom is -0.444 e. The van der Waals surface area contributed by atoms with Gasteiger partial charge >= 0.3 is 6.09 Å². The fraction of sp³-hybridized carbons (Fsp3) is 0.714. The van der Waals surface area contributed by atoms with Gasteiger partial charge in [-0.1, -0.05) is 76.3 Å². The van der Waals surface area contributed by atoms with Crippen molar-refractivity contribution in [2.75, 3.05) is 0 Å². The van der Waals surface area contributed by atoms with Gasteiger partial charge in [0.05, 0.1) is 12.1 Å². The van der Waals surface area contributed by atoms with E-state index in [1.807, 2.05) is 51.1 Å². The summed E-state index contributed by atoms with van der Waals surface area (Å²) in [6, 6.07) is 9.39. The fourth-order valence-electron chi connectivity index (χ4n) is 4.82. The van der Waals surface area contributed by atoms with Gasteiger partial charge in [-0.05, 0) is 57.4 Å². The molecule has 0 spiro atoms. The highest BCUT2D eigenvalue weighted by molar-refractivity contribution is 5.78. The molecular weight excluding hydrogens is 428 g/mol. The van der Waals surface area contributed by atoms with Gasteiger partial charge in [-0.25, -0.2) is 4.79 Å². The third-order valence-corrected chi connectivity index (χ3v) is 6.44. The van der Waals surface area contributed by atoms with Crippen LogP contribution in [0.1, 0.15) is 91.5 Å². The third-order valence-electron chi connectivity index (χ3n) is 6.44. The molecule has 3 atom stereocenters. The molecular formula is C28H46N2O4. The molecule has 1 aliphatic rings. The minimum absolute atomic E-state index is 0.0507. The highest BCUT2D eigenvalue weighted by Gasteiger charge is 2.32. The highest BCUT2D eigenvalue weighted by Crippen LogP contribution is 2.29. The maximum atomic E-state index is 13.1. The van der Waals surface area contributed by atoms with Gasteiger partial charge in [-0.15, -0.1) is 0 Å². The summed E-state index contributed by atoms with van der Waals surface area (Å²) in [6.45, 7) is 10.1. The Hall–Kier alpha value is -2.08. The Labute approximate surface area is 206 Å². The molecule has 0 heterocycles. The van der Waals surface area contributed by atoms with E-state index in [-0.39, 0.29) is 11.8 Å². The lowest BCUT2D eigenvalue weighted by Crippen LogP contribution is -2.48. The van der Waals surface area contributed by atoms with Crippen molar-refractivity contribution in [2.45, 2.75) is 110 Å². The van der Waals surface area contributed by atoms with Crippen molar-refractivity contribution in [1.29, 1.82) is 0 Å². The summed E-state index contributed by atoms with van der Waals surface area (Å²) in [5, 5.41) is 17.2. The number of hydrogen-bond donors (Lipinski definition) is 3. The lowest BCUT2D eigenvalue weighted by molar-refractivity contribution is -0.127. The predicted octanol–water partition coefficient (Wildman–Crippen LogP) is 5.58. The molecule has 3 N–H and O–H groups in total. The summed E-state index contributed by atoms with van der Waals surface area (Å²) in [4.78, 5) is 25.6. The van der Waals surface area contributed by atoms with E-state index in [9.17, 15) is 14.7 Å². The Morgan fingerprint density at radius 1 is 1.06 bits per heavy atom. The molecule has 2 amide bonds. The molecule has 0 aromatic heterocycles. The van der Waals surface area contributed by atoms with Crippen LogP contribution in [0.3, 0.4) is 0 Å². The Kier molecular flexibility index (Phi) is 11.4. The van der Waals surface area contributed by atoms with Gasteiger partial charge in [-0.3, -0.25) is 4.79 Å². The normalized spacial score (nSPS) is 17.6. The van der Waals surface area contributed by atoms with E-state index >= 15 is 0 Å². The van der Waals surface area contributed by atoms with E-state index in [0.717, 1.165) is 18.4 Å². The molecule has 1 aromatic rings. The zero-order valence-electron chi connectivity index (χ0n) is 21.8. The molecule has 6 heteroatoms. The van der Waals surface area contributed by atoms with Crippen LogP contribution in [0.5, 0.6) is 0 Å². The maximum absolute atomic E-state index is 13.1. The van der Waals surface area contributed by atoms with Crippen molar-refractivity contribution in [3.63, 3.8) is 0 Å². The van der Waals surface area contributed by atoms with Crippen molar-refractivity contribution >= 4 is 12.0 Å². The van der Waals surface area contributed by atoms with E-state index < -0.39 is 23.8 Å². The average molecular weight is 475 g/mol. The number of amides is 2. The molecule has 1 aromatic carbocycles. The number of aliphatic hydroxyl groups excluding tert-OH is 1. The second-order valence-corrected chi connectivity index (χ2v) is 11.3. The number of aliphatic hydroxyl groups is 1. The molecule has 0 aliphatic heterocycles. The molecule has 0 bridgehead atoms. The van der Waals surface area contributed by atoms with Gasteiger partial charge in [0, 0.05) is 12.5 Å². The number of carbonyl (C=O) groups excluding carboxylic acids is 2. The lowest BCUT2D eigenvalue weighted by Gasteiger charge is -2.32. The van der Waals surface area contributed by atoms with Gasteiger partial charge in [0.1, 0.15) is 5.60 Å². The summed E-state index contributed by atoms with van der Waals surface area (Å²) in [6.07, 6.45) is 6.24. The van der Waals surface area contributed by atoms with Gasteiger partial charge in [-0.2, -0.15) is 0 Å². The Bertz CT molecular complexity index is 739. The average Bonchev–Trinajstić information content (AvgIpc) is 2.76. The molecule has 192 valence electrons. The van der Waals surface area contributed by atoms with Crippen molar-refractivity contribution in [2.24, 2.45) is 17.8 Å². The van der Waals surface area contributed by atoms with Crippen LogP contribution in [0.15, 0.2) is 30.3 Å². The number of benzene rings is 1. The molecule has 34 heavy (non-hydrogen) atoms. The quantitative estimate of drug-likeness (QED) is 0.391. The topological polar surface area (TPSA) is 87.7 Å². The molecule has 0 saturated heterocycles. The highest BCUT2D eigenvalue weighted by atomic mass is 16.6. The van der Waals surface area contributed by atoms with Gasteiger partial charge in [0.25, 0.3) is 0 Å². The smallest absolute Gasteiger partial charge is 0.407 e. The number of ether oxygens (including phenoxy) is 1. The second kappa shape index (κ2) is 13.7. The van der Waals surface area contributed by atoms with Crippen LogP contribution in [-0.2, 0) is 16.1 Å². The largest absolute Gasteiger partial charge is 0.444 e. The Morgan fingerprint density at radius 3 is 2.29 bits per heavy atom. The summed E-state index contributed by atoms with van der Waals surface area (Å²) in [7, 11) is 0. The molecule has 1 saturated carbocycles. The minimum atomic E-state index is -0.819. The van der Waals surface area contributed by atoms with Crippen LogP contribution in [0.4, 0.5) is 4.79 Å². The molecule has 2 unspecified atom stereocenters. The van der Waals surface area contributed by atoms with E-state index in [1.165, 1.54) is 19.3 Å². The zero-order chi connectivity index (χ0) is 25.1. The van der Waals surface area contributed by atoms with E-state index in [2.05, 4.69) is 24.5 Å². The summed E-state index contributed by atoms with van der Waals surface area (Å²) < 4.78 is 5.47. The number of alkyl carbamates (subject to hydrolysis) is 1. The first-order chi connectivity index (χ1) is 16.0. The van der Waals surface area contributed by atoms with Crippen molar-refractivity contribution in [3.8, 4) is 0 Å². The summed E-state index contributed by atoms with van der Waals surface area (Å²) in [5.74, 6) is 0.410. The number of carbonyl (C=O) groups is 2. The standard InChI is InChI=1S/C28H46N2O4/c1-20(2)16-23(26(32)29-19-22-14-10-7-11-15-22)18-25(31)24(17-21-12-8-6-9-13-21)30-27(33)34-28(3,4)5/h7,10-11,14-15,20-21,23-25,31H,6,8-9,12-13,16-19H2,1-5H3,(H,29,32)(H,30,33)/t23?,24-,25?/m0/s1. The van der Waals surface area contributed by atoms with Crippen LogP contribution in [-0.4, -0.2) is 34.9 Å². The number of hydrogen-bond acceptors (Lipinski definition) is 4. The monoisotopic (exact) mass is 474 g/mol. The van der Waals surface area contributed by atoms with Crippen molar-refractivity contribution in [1.82, 2.24) is 10.6 Å². The van der Waals surface area contributed by atoms with Gasteiger partial charge in [0.15, 0.2) is 0 Å². The molecule has 6 nitrogen and oxygen atoms in total. The first-order valence-electron chi connectivity index (χ1n) is 13.0. The molecule has 1 aliphatic carbocycles. The number of rotatable bonds is 11. The zero-order valence-corrected chi connectivity index (χ0v) is 21.8. The van der Waals surface area contributed by atoms with Crippen LogP contribution in [0, 0.1) is 17.8 Å². The fourth-order valence-corrected chi connectivity index (χ4v) is 4.82. The lowest BCUT2D eigenvalue weighted by atomic mass is 9.81. The van der Waals surface area contributed by atoms with Crippen molar-refractivity contribution < 1.29 is 19.4 Å². The summed E-state index contributed by atoms with van der Waals surface area (Å²) >= 11 is 0. The van der Waals surface area contributed by atoms with Crippen LogP contribution >= 0.6 is 0 Å². The molecule has 1 fully saturated rings. The van der Waals surface area contributed by atoms with Crippen LogP contribution < -0.4 is 10.6 Å². The first-order valence-corrected chi connectivity index (χ1v) is 13.0. The van der Waals surface area contributed by atoms with E-state index in [0.29, 0.717) is 37.6 Å². The van der Waals surface area contributed by atoms with Crippen molar-refractivity contribution in [3.05, 3.63) is 35.9 Å². The van der Waals surface area contributed by atoms with E-state index in [1.54, 1.807) is 0 Å². The summed E-state index contributed by atoms with van der Waals surface area (Å²) in [5.41, 5.74) is 0.434. The predicted molar refractivity (Wildman–Crippen MR) is 136 cm³/mol. The van der Waals surface area contributed by atoms with Gasteiger partial charge < -0.3 is 20.5 Å². The Morgan fingerprint density at radius 2 is 1.71 bits per heavy atom. The molecule has 2 rings (SSSR count). The van der Waals surface area contributed by atoms with Crippen LogP contribution in [0.25, 0.3) is 0 Å². The SMILES string of the molecule is CC(C)CC(CC(O)[C@H](CC1CCCCC1)NC(=O)OC(C)(C)C)C(=O)NCc1ccccc1.